The second-order valence-electron chi connectivity index (χ2n) is 3.80. The molecule has 0 amide bonds. The average molecular weight is 211 g/mol. The first-order valence-electron chi connectivity index (χ1n) is 5.55. The Hall–Kier alpha value is -0.340. The van der Waals surface area contributed by atoms with Crippen LogP contribution in [0, 0.1) is 0 Å². The molecule has 0 saturated carbocycles. The SMILES string of the molecule is CCCC(CCCc1ccsc1)NC. The van der Waals surface area contributed by atoms with Crippen LogP contribution in [-0.2, 0) is 6.42 Å². The van der Waals surface area contributed by atoms with Crippen LogP contribution >= 0.6 is 11.3 Å². The van der Waals surface area contributed by atoms with Crippen molar-refractivity contribution in [2.75, 3.05) is 7.05 Å². The van der Waals surface area contributed by atoms with E-state index in [0.717, 1.165) is 6.04 Å². The van der Waals surface area contributed by atoms with Crippen molar-refractivity contribution in [2.45, 2.75) is 45.1 Å². The standard InChI is InChI=1S/C12H21NS/c1-3-5-12(13-2)7-4-6-11-8-9-14-10-11/h8-10,12-13H,3-7H2,1-2H3. The topological polar surface area (TPSA) is 12.0 Å². The van der Waals surface area contributed by atoms with Crippen LogP contribution in [0.15, 0.2) is 16.8 Å². The van der Waals surface area contributed by atoms with Gasteiger partial charge in [0.05, 0.1) is 0 Å². The van der Waals surface area contributed by atoms with Gasteiger partial charge in [0.2, 0.25) is 0 Å². The maximum atomic E-state index is 3.39. The van der Waals surface area contributed by atoms with Crippen LogP contribution in [-0.4, -0.2) is 13.1 Å². The fourth-order valence-electron chi connectivity index (χ4n) is 1.77. The van der Waals surface area contributed by atoms with Gasteiger partial charge >= 0.3 is 0 Å². The van der Waals surface area contributed by atoms with Gasteiger partial charge in [0.1, 0.15) is 0 Å². The van der Waals surface area contributed by atoms with Crippen molar-refractivity contribution in [1.82, 2.24) is 5.32 Å². The van der Waals surface area contributed by atoms with Gasteiger partial charge < -0.3 is 5.32 Å². The Balaban J connectivity index is 2.13. The molecule has 80 valence electrons. The molecule has 1 N–H and O–H groups in total. The molecule has 1 rings (SSSR count). The van der Waals surface area contributed by atoms with Gasteiger partial charge in [-0.05, 0) is 55.1 Å². The van der Waals surface area contributed by atoms with Gasteiger partial charge in [-0.1, -0.05) is 13.3 Å². The van der Waals surface area contributed by atoms with E-state index in [1.165, 1.54) is 37.7 Å². The highest BCUT2D eigenvalue weighted by molar-refractivity contribution is 7.07. The van der Waals surface area contributed by atoms with Crippen molar-refractivity contribution in [1.29, 1.82) is 0 Å². The van der Waals surface area contributed by atoms with Crippen molar-refractivity contribution >= 4 is 11.3 Å². The molecular formula is C12H21NS. The average Bonchev–Trinajstić information content (AvgIpc) is 2.69. The molecule has 0 fully saturated rings. The predicted molar refractivity (Wildman–Crippen MR) is 65.0 cm³/mol. The van der Waals surface area contributed by atoms with E-state index >= 15 is 0 Å². The Morgan fingerprint density at radius 3 is 2.86 bits per heavy atom. The van der Waals surface area contributed by atoms with E-state index in [0.29, 0.717) is 0 Å². The van der Waals surface area contributed by atoms with Crippen molar-refractivity contribution in [3.8, 4) is 0 Å². The van der Waals surface area contributed by atoms with E-state index in [1.54, 1.807) is 11.3 Å². The molecule has 0 aromatic carbocycles. The molecule has 1 aromatic heterocycles. The zero-order chi connectivity index (χ0) is 10.2. The lowest BCUT2D eigenvalue weighted by Crippen LogP contribution is -2.24. The Bertz CT molecular complexity index is 218. The van der Waals surface area contributed by atoms with Crippen molar-refractivity contribution in [3.63, 3.8) is 0 Å². The molecule has 0 aliphatic heterocycles. The van der Waals surface area contributed by atoms with E-state index < -0.39 is 0 Å². The maximum Gasteiger partial charge on any atom is 0.00640 e. The first kappa shape index (κ1) is 11.7. The number of nitrogens with one attached hydrogen (secondary N) is 1. The minimum absolute atomic E-state index is 0.721. The summed E-state index contributed by atoms with van der Waals surface area (Å²) in [6.45, 7) is 2.25. The lowest BCUT2D eigenvalue weighted by Gasteiger charge is -2.14. The molecular weight excluding hydrogens is 190 g/mol. The molecule has 0 aliphatic carbocycles. The Labute approximate surface area is 91.5 Å². The molecule has 0 bridgehead atoms. The molecule has 0 saturated heterocycles. The molecule has 0 radical (unpaired) electrons. The fourth-order valence-corrected chi connectivity index (χ4v) is 2.47. The molecule has 1 nitrogen and oxygen atoms in total. The zero-order valence-electron chi connectivity index (χ0n) is 9.25. The number of aryl methyl sites for hydroxylation is 1. The summed E-state index contributed by atoms with van der Waals surface area (Å²) in [7, 11) is 2.07. The summed E-state index contributed by atoms with van der Waals surface area (Å²) in [5.74, 6) is 0. The summed E-state index contributed by atoms with van der Waals surface area (Å²) in [4.78, 5) is 0. The van der Waals surface area contributed by atoms with E-state index in [4.69, 9.17) is 0 Å². The summed E-state index contributed by atoms with van der Waals surface area (Å²) in [5.41, 5.74) is 1.50. The largest absolute Gasteiger partial charge is 0.317 e. The molecule has 1 heterocycles. The van der Waals surface area contributed by atoms with E-state index in [-0.39, 0.29) is 0 Å². The number of hydrogen-bond donors (Lipinski definition) is 1. The molecule has 2 heteroatoms. The zero-order valence-corrected chi connectivity index (χ0v) is 10.1. The highest BCUT2D eigenvalue weighted by atomic mass is 32.1. The van der Waals surface area contributed by atoms with Gasteiger partial charge in [-0.15, -0.1) is 0 Å². The number of thiophene rings is 1. The number of rotatable bonds is 7. The third kappa shape index (κ3) is 4.25. The van der Waals surface area contributed by atoms with Gasteiger partial charge in [0.15, 0.2) is 0 Å². The molecule has 1 atom stereocenters. The van der Waals surface area contributed by atoms with Crippen LogP contribution in [0.4, 0.5) is 0 Å². The quantitative estimate of drug-likeness (QED) is 0.728. The third-order valence-electron chi connectivity index (χ3n) is 2.64. The highest BCUT2D eigenvalue weighted by Crippen LogP contribution is 2.12. The van der Waals surface area contributed by atoms with Crippen LogP contribution in [0.1, 0.15) is 38.2 Å². The molecule has 0 spiro atoms. The summed E-state index contributed by atoms with van der Waals surface area (Å²) in [6, 6.07) is 2.96. The number of hydrogen-bond acceptors (Lipinski definition) is 2. The summed E-state index contributed by atoms with van der Waals surface area (Å²) >= 11 is 1.80. The smallest absolute Gasteiger partial charge is 0.00640 e. The monoisotopic (exact) mass is 211 g/mol. The first-order valence-corrected chi connectivity index (χ1v) is 6.49. The fraction of sp³-hybridized carbons (Fsp3) is 0.667. The Morgan fingerprint density at radius 1 is 1.43 bits per heavy atom. The summed E-state index contributed by atoms with van der Waals surface area (Å²) in [5, 5.41) is 7.81. The van der Waals surface area contributed by atoms with Crippen LogP contribution in [0.25, 0.3) is 0 Å². The minimum Gasteiger partial charge on any atom is -0.317 e. The molecule has 14 heavy (non-hydrogen) atoms. The van der Waals surface area contributed by atoms with Crippen LogP contribution in [0.5, 0.6) is 0 Å². The predicted octanol–water partition coefficient (Wildman–Crippen LogP) is 3.46. The second-order valence-corrected chi connectivity index (χ2v) is 4.58. The van der Waals surface area contributed by atoms with Gasteiger partial charge in [0.25, 0.3) is 0 Å². The Kier molecular flexibility index (Phi) is 5.88. The molecule has 0 aliphatic rings. The summed E-state index contributed by atoms with van der Waals surface area (Å²) in [6.07, 6.45) is 6.44. The van der Waals surface area contributed by atoms with Gasteiger partial charge in [-0.3, -0.25) is 0 Å². The van der Waals surface area contributed by atoms with Gasteiger partial charge in [0, 0.05) is 6.04 Å². The summed E-state index contributed by atoms with van der Waals surface area (Å²) < 4.78 is 0. The van der Waals surface area contributed by atoms with Crippen molar-refractivity contribution < 1.29 is 0 Å². The van der Waals surface area contributed by atoms with Crippen LogP contribution < -0.4 is 5.32 Å². The van der Waals surface area contributed by atoms with E-state index in [2.05, 4.69) is 36.1 Å². The maximum absolute atomic E-state index is 3.39. The van der Waals surface area contributed by atoms with Crippen molar-refractivity contribution in [2.24, 2.45) is 0 Å². The molecule has 1 unspecified atom stereocenters. The first-order chi connectivity index (χ1) is 6.86. The van der Waals surface area contributed by atoms with Gasteiger partial charge in [-0.2, -0.15) is 11.3 Å². The lowest BCUT2D eigenvalue weighted by atomic mass is 10.0. The van der Waals surface area contributed by atoms with Crippen LogP contribution in [0.3, 0.4) is 0 Å². The van der Waals surface area contributed by atoms with E-state index in [1.807, 2.05) is 0 Å². The normalized spacial score (nSPS) is 13.0. The second kappa shape index (κ2) is 7.02. The van der Waals surface area contributed by atoms with Crippen molar-refractivity contribution in [3.05, 3.63) is 22.4 Å². The van der Waals surface area contributed by atoms with E-state index in [9.17, 15) is 0 Å². The highest BCUT2D eigenvalue weighted by Gasteiger charge is 2.03. The lowest BCUT2D eigenvalue weighted by molar-refractivity contribution is 0.470. The Morgan fingerprint density at radius 2 is 2.29 bits per heavy atom. The molecule has 1 aromatic rings. The van der Waals surface area contributed by atoms with Crippen LogP contribution in [0.2, 0.25) is 0 Å². The third-order valence-corrected chi connectivity index (χ3v) is 3.38. The van der Waals surface area contributed by atoms with Gasteiger partial charge in [-0.25, -0.2) is 0 Å². The minimum atomic E-state index is 0.721.